The number of nitrogens with zero attached hydrogens (tertiary/aromatic N) is 1. The van der Waals surface area contributed by atoms with E-state index >= 15 is 0 Å². The van der Waals surface area contributed by atoms with Gasteiger partial charge in [-0.1, -0.05) is 6.92 Å². The summed E-state index contributed by atoms with van der Waals surface area (Å²) in [6.07, 6.45) is 2.79. The number of thiophene rings is 1. The summed E-state index contributed by atoms with van der Waals surface area (Å²) in [7, 11) is 0. The van der Waals surface area contributed by atoms with Gasteiger partial charge in [-0.15, -0.1) is 11.3 Å². The molecule has 0 bridgehead atoms. The van der Waals surface area contributed by atoms with Gasteiger partial charge in [-0.3, -0.25) is 4.90 Å². The molecule has 0 aliphatic heterocycles. The second-order valence-electron chi connectivity index (χ2n) is 4.55. The van der Waals surface area contributed by atoms with Crippen LogP contribution in [0.3, 0.4) is 0 Å². The number of nitrogens with two attached hydrogens (primary N) is 1. The Balaban J connectivity index is 2.11. The summed E-state index contributed by atoms with van der Waals surface area (Å²) in [6.45, 7) is 5.19. The molecular formula is C12H18Br2N2S. The van der Waals surface area contributed by atoms with Crippen molar-refractivity contribution in [2.75, 3.05) is 19.6 Å². The monoisotopic (exact) mass is 380 g/mol. The smallest absolute Gasteiger partial charge is 0.0843 e. The number of rotatable bonds is 6. The molecule has 2 rings (SSSR count). The lowest BCUT2D eigenvalue weighted by molar-refractivity contribution is 0.206. The SMILES string of the molecule is CCN(CC1CC1)C(CN)c1cc(Br)c(Br)s1. The van der Waals surface area contributed by atoms with E-state index in [1.54, 1.807) is 11.3 Å². The van der Waals surface area contributed by atoms with Gasteiger partial charge in [-0.25, -0.2) is 0 Å². The van der Waals surface area contributed by atoms with Gasteiger partial charge in [0.05, 0.1) is 9.83 Å². The summed E-state index contributed by atoms with van der Waals surface area (Å²) in [6, 6.07) is 2.56. The van der Waals surface area contributed by atoms with Crippen LogP contribution in [-0.2, 0) is 0 Å². The van der Waals surface area contributed by atoms with Crippen LogP contribution in [0.1, 0.15) is 30.7 Å². The van der Waals surface area contributed by atoms with Gasteiger partial charge in [0.15, 0.2) is 0 Å². The Kier molecular flexibility index (Phi) is 5.06. The third kappa shape index (κ3) is 3.53. The molecule has 1 aromatic rings. The average molecular weight is 382 g/mol. The summed E-state index contributed by atoms with van der Waals surface area (Å²) in [5.41, 5.74) is 5.97. The van der Waals surface area contributed by atoms with Gasteiger partial charge < -0.3 is 5.73 Å². The first-order valence-electron chi connectivity index (χ1n) is 6.04. The molecule has 2 nitrogen and oxygen atoms in total. The molecule has 17 heavy (non-hydrogen) atoms. The van der Waals surface area contributed by atoms with Crippen LogP contribution >= 0.6 is 43.2 Å². The van der Waals surface area contributed by atoms with Crippen LogP contribution in [0.2, 0.25) is 0 Å². The van der Waals surface area contributed by atoms with Crippen molar-refractivity contribution in [3.63, 3.8) is 0 Å². The molecule has 2 N–H and O–H groups in total. The molecule has 0 saturated heterocycles. The van der Waals surface area contributed by atoms with Crippen LogP contribution in [0.15, 0.2) is 14.3 Å². The minimum atomic E-state index is 0.369. The lowest BCUT2D eigenvalue weighted by Gasteiger charge is -2.29. The van der Waals surface area contributed by atoms with E-state index in [4.69, 9.17) is 5.73 Å². The Labute approximate surface area is 124 Å². The van der Waals surface area contributed by atoms with Crippen molar-refractivity contribution in [1.29, 1.82) is 0 Å². The first-order valence-corrected chi connectivity index (χ1v) is 8.44. The van der Waals surface area contributed by atoms with Crippen molar-refractivity contribution in [2.45, 2.75) is 25.8 Å². The van der Waals surface area contributed by atoms with Crippen LogP contribution in [0.5, 0.6) is 0 Å². The number of hydrogen-bond acceptors (Lipinski definition) is 3. The maximum Gasteiger partial charge on any atom is 0.0843 e. The van der Waals surface area contributed by atoms with Crippen molar-refractivity contribution < 1.29 is 0 Å². The molecule has 1 heterocycles. The van der Waals surface area contributed by atoms with Crippen LogP contribution in [0.4, 0.5) is 0 Å². The Morgan fingerprint density at radius 2 is 2.24 bits per heavy atom. The summed E-state index contributed by atoms with van der Waals surface area (Å²) in [5.74, 6) is 0.913. The van der Waals surface area contributed by atoms with Crippen LogP contribution in [-0.4, -0.2) is 24.5 Å². The molecule has 1 saturated carbocycles. The molecule has 5 heteroatoms. The van der Waals surface area contributed by atoms with E-state index in [0.29, 0.717) is 12.6 Å². The predicted octanol–water partition coefficient (Wildman–Crippen LogP) is 4.00. The largest absolute Gasteiger partial charge is 0.329 e. The van der Waals surface area contributed by atoms with E-state index in [0.717, 1.165) is 20.7 Å². The molecule has 0 radical (unpaired) electrons. The van der Waals surface area contributed by atoms with E-state index in [1.165, 1.54) is 24.3 Å². The van der Waals surface area contributed by atoms with Gasteiger partial charge in [0.1, 0.15) is 0 Å². The summed E-state index contributed by atoms with van der Waals surface area (Å²) in [4.78, 5) is 3.87. The molecule has 1 atom stereocenters. The fourth-order valence-corrected chi connectivity index (χ4v) is 4.32. The maximum absolute atomic E-state index is 5.97. The van der Waals surface area contributed by atoms with E-state index in [2.05, 4.69) is 49.7 Å². The van der Waals surface area contributed by atoms with Crippen molar-refractivity contribution in [1.82, 2.24) is 4.90 Å². The minimum Gasteiger partial charge on any atom is -0.329 e. The van der Waals surface area contributed by atoms with Gasteiger partial charge in [0.2, 0.25) is 0 Å². The van der Waals surface area contributed by atoms with Crippen LogP contribution in [0.25, 0.3) is 0 Å². The van der Waals surface area contributed by atoms with Crippen LogP contribution < -0.4 is 5.73 Å². The summed E-state index contributed by atoms with van der Waals surface area (Å²) < 4.78 is 2.30. The molecular weight excluding hydrogens is 364 g/mol. The number of hydrogen-bond donors (Lipinski definition) is 1. The standard InChI is InChI=1S/C12H18Br2N2S/c1-2-16(7-8-3-4-8)10(6-15)11-5-9(13)12(14)17-11/h5,8,10H,2-4,6-7,15H2,1H3. The molecule has 1 fully saturated rings. The van der Waals surface area contributed by atoms with Gasteiger partial charge in [0.25, 0.3) is 0 Å². The Morgan fingerprint density at radius 3 is 2.65 bits per heavy atom. The molecule has 1 aliphatic rings. The van der Waals surface area contributed by atoms with Gasteiger partial charge in [-0.05, 0) is 63.2 Å². The zero-order valence-electron chi connectivity index (χ0n) is 9.96. The van der Waals surface area contributed by atoms with Crippen molar-refractivity contribution >= 4 is 43.2 Å². The molecule has 0 spiro atoms. The second-order valence-corrected chi connectivity index (χ2v) is 7.81. The Hall–Kier alpha value is 0.580. The highest BCUT2D eigenvalue weighted by atomic mass is 79.9. The fraction of sp³-hybridized carbons (Fsp3) is 0.667. The van der Waals surface area contributed by atoms with Gasteiger partial charge in [0, 0.05) is 22.4 Å². The van der Waals surface area contributed by atoms with E-state index in [1.807, 2.05) is 0 Å². The Morgan fingerprint density at radius 1 is 1.53 bits per heavy atom. The van der Waals surface area contributed by atoms with E-state index in [9.17, 15) is 0 Å². The van der Waals surface area contributed by atoms with Gasteiger partial charge in [-0.2, -0.15) is 0 Å². The molecule has 96 valence electrons. The van der Waals surface area contributed by atoms with Crippen molar-refractivity contribution in [3.05, 3.63) is 19.2 Å². The highest BCUT2D eigenvalue weighted by Gasteiger charge is 2.28. The first-order chi connectivity index (χ1) is 8.15. The third-order valence-electron chi connectivity index (χ3n) is 3.25. The van der Waals surface area contributed by atoms with Crippen LogP contribution in [0, 0.1) is 5.92 Å². The molecule has 1 unspecified atom stereocenters. The quantitative estimate of drug-likeness (QED) is 0.806. The van der Waals surface area contributed by atoms with E-state index < -0.39 is 0 Å². The molecule has 0 amide bonds. The topological polar surface area (TPSA) is 29.3 Å². The number of halogens is 2. The summed E-state index contributed by atoms with van der Waals surface area (Å²) in [5, 5.41) is 0. The normalized spacial score (nSPS) is 17.7. The number of likely N-dealkylation sites (N-methyl/N-ethyl adjacent to an activating group) is 1. The average Bonchev–Trinajstić information content (AvgIpc) is 3.06. The highest BCUT2D eigenvalue weighted by molar-refractivity contribution is 9.13. The summed E-state index contributed by atoms with van der Waals surface area (Å²) >= 11 is 8.90. The van der Waals surface area contributed by atoms with Crippen molar-refractivity contribution in [3.8, 4) is 0 Å². The second kappa shape index (κ2) is 6.15. The van der Waals surface area contributed by atoms with E-state index in [-0.39, 0.29) is 0 Å². The minimum absolute atomic E-state index is 0.369. The predicted molar refractivity (Wildman–Crippen MR) is 81.5 cm³/mol. The lowest BCUT2D eigenvalue weighted by Crippen LogP contribution is -2.34. The fourth-order valence-electron chi connectivity index (χ4n) is 2.08. The Bertz CT molecular complexity index is 357. The zero-order chi connectivity index (χ0) is 12.4. The lowest BCUT2D eigenvalue weighted by atomic mass is 10.2. The molecule has 1 aromatic heterocycles. The highest BCUT2D eigenvalue weighted by Crippen LogP contribution is 2.38. The first kappa shape index (κ1) is 14.0. The molecule has 1 aliphatic carbocycles. The molecule has 0 aromatic carbocycles. The third-order valence-corrected chi connectivity index (χ3v) is 6.61. The van der Waals surface area contributed by atoms with Gasteiger partial charge >= 0.3 is 0 Å². The maximum atomic E-state index is 5.97. The van der Waals surface area contributed by atoms with Crippen molar-refractivity contribution in [2.24, 2.45) is 11.7 Å². The zero-order valence-corrected chi connectivity index (χ0v) is 13.9.